The number of benzene rings is 1. The molecule has 17 heavy (non-hydrogen) atoms. The second-order valence-electron chi connectivity index (χ2n) is 4.34. The molecule has 1 aliphatic rings. The molecular weight excluding hydrogens is 240 g/mol. The van der Waals surface area contributed by atoms with Crippen molar-refractivity contribution in [1.29, 1.82) is 5.26 Å². The van der Waals surface area contributed by atoms with Gasteiger partial charge in [-0.15, -0.1) is 11.8 Å². The van der Waals surface area contributed by atoms with Crippen molar-refractivity contribution < 1.29 is 8.78 Å². The van der Waals surface area contributed by atoms with Crippen molar-refractivity contribution in [2.45, 2.75) is 30.6 Å². The van der Waals surface area contributed by atoms with E-state index in [1.807, 2.05) is 0 Å². The molecule has 0 heterocycles. The standard InChI is InChI=1S/C13H13F2NS/c14-11-5-10(7-16)6-12(15)13(11)17-8-9-3-1-2-4-9/h5-6,9H,1-4,8H2. The van der Waals surface area contributed by atoms with Gasteiger partial charge < -0.3 is 0 Å². The fourth-order valence-corrected chi connectivity index (χ4v) is 3.27. The van der Waals surface area contributed by atoms with Gasteiger partial charge in [0, 0.05) is 5.75 Å². The number of nitrogens with zero attached hydrogens (tertiary/aromatic N) is 1. The van der Waals surface area contributed by atoms with Gasteiger partial charge >= 0.3 is 0 Å². The van der Waals surface area contributed by atoms with Gasteiger partial charge in [0.15, 0.2) is 0 Å². The lowest BCUT2D eigenvalue weighted by atomic mass is 10.1. The number of nitriles is 1. The van der Waals surface area contributed by atoms with Crippen LogP contribution >= 0.6 is 11.8 Å². The van der Waals surface area contributed by atoms with Crippen LogP contribution in [0.2, 0.25) is 0 Å². The minimum Gasteiger partial charge on any atom is -0.206 e. The summed E-state index contributed by atoms with van der Waals surface area (Å²) in [6.07, 6.45) is 4.77. The highest BCUT2D eigenvalue weighted by molar-refractivity contribution is 7.99. The Labute approximate surface area is 104 Å². The number of hydrogen-bond acceptors (Lipinski definition) is 2. The SMILES string of the molecule is N#Cc1cc(F)c(SCC2CCCC2)c(F)c1. The molecule has 0 saturated heterocycles. The highest BCUT2D eigenvalue weighted by Crippen LogP contribution is 2.33. The Morgan fingerprint density at radius 3 is 2.35 bits per heavy atom. The van der Waals surface area contributed by atoms with Gasteiger partial charge in [-0.25, -0.2) is 8.78 Å². The molecule has 0 radical (unpaired) electrons. The zero-order chi connectivity index (χ0) is 12.3. The molecule has 0 aromatic heterocycles. The maximum Gasteiger partial charge on any atom is 0.141 e. The van der Waals surface area contributed by atoms with Crippen LogP contribution in [0.3, 0.4) is 0 Å². The molecule has 1 fully saturated rings. The van der Waals surface area contributed by atoms with Gasteiger partial charge in [0.05, 0.1) is 16.5 Å². The lowest BCUT2D eigenvalue weighted by Crippen LogP contribution is -1.99. The molecule has 0 bridgehead atoms. The summed E-state index contributed by atoms with van der Waals surface area (Å²) >= 11 is 1.23. The van der Waals surface area contributed by atoms with Crippen molar-refractivity contribution in [2.75, 3.05) is 5.75 Å². The summed E-state index contributed by atoms with van der Waals surface area (Å²) in [5.74, 6) is 0.100. The van der Waals surface area contributed by atoms with Crippen LogP contribution in [0.15, 0.2) is 17.0 Å². The zero-order valence-electron chi connectivity index (χ0n) is 9.38. The Balaban J connectivity index is 2.07. The zero-order valence-corrected chi connectivity index (χ0v) is 10.2. The number of rotatable bonds is 3. The molecule has 90 valence electrons. The molecule has 1 aliphatic carbocycles. The molecule has 4 heteroatoms. The Kier molecular flexibility index (Phi) is 4.01. The Bertz CT molecular complexity index is 424. The third kappa shape index (κ3) is 2.98. The largest absolute Gasteiger partial charge is 0.206 e. The van der Waals surface area contributed by atoms with Crippen LogP contribution in [0.1, 0.15) is 31.2 Å². The van der Waals surface area contributed by atoms with Gasteiger partial charge in [-0.05, 0) is 30.9 Å². The molecule has 0 atom stereocenters. The summed E-state index contributed by atoms with van der Waals surface area (Å²) in [7, 11) is 0. The van der Waals surface area contributed by atoms with E-state index in [1.165, 1.54) is 24.6 Å². The van der Waals surface area contributed by atoms with E-state index in [2.05, 4.69) is 0 Å². The average molecular weight is 253 g/mol. The van der Waals surface area contributed by atoms with E-state index in [9.17, 15) is 8.78 Å². The van der Waals surface area contributed by atoms with Crippen LogP contribution in [-0.4, -0.2) is 5.75 Å². The predicted octanol–water partition coefficient (Wildman–Crippen LogP) is 4.12. The second kappa shape index (κ2) is 5.50. The monoisotopic (exact) mass is 253 g/mol. The van der Waals surface area contributed by atoms with Crippen LogP contribution < -0.4 is 0 Å². The topological polar surface area (TPSA) is 23.8 Å². The summed E-state index contributed by atoms with van der Waals surface area (Å²) in [5.41, 5.74) is 0.0326. The molecule has 0 spiro atoms. The van der Waals surface area contributed by atoms with Crippen molar-refractivity contribution in [3.8, 4) is 6.07 Å². The fourth-order valence-electron chi connectivity index (χ4n) is 2.14. The van der Waals surface area contributed by atoms with Crippen molar-refractivity contribution >= 4 is 11.8 Å². The molecule has 1 aromatic rings. The number of halogens is 2. The van der Waals surface area contributed by atoms with Crippen molar-refractivity contribution in [2.24, 2.45) is 5.92 Å². The van der Waals surface area contributed by atoms with Crippen molar-refractivity contribution in [1.82, 2.24) is 0 Å². The summed E-state index contributed by atoms with van der Waals surface area (Å²) in [6.45, 7) is 0. The molecule has 2 rings (SSSR count). The van der Waals surface area contributed by atoms with Gasteiger partial charge in [-0.1, -0.05) is 12.8 Å². The highest BCUT2D eigenvalue weighted by atomic mass is 32.2. The average Bonchev–Trinajstić information content (AvgIpc) is 2.80. The summed E-state index contributed by atoms with van der Waals surface area (Å²) in [5, 5.41) is 8.59. The van der Waals surface area contributed by atoms with Gasteiger partial charge in [0.25, 0.3) is 0 Å². The maximum atomic E-state index is 13.6. The summed E-state index contributed by atoms with van der Waals surface area (Å²) in [6, 6.07) is 3.94. The number of hydrogen-bond donors (Lipinski definition) is 0. The molecular formula is C13H13F2NS. The first-order valence-corrected chi connectivity index (χ1v) is 6.71. The highest BCUT2D eigenvalue weighted by Gasteiger charge is 2.18. The second-order valence-corrected chi connectivity index (χ2v) is 5.37. The molecule has 1 nitrogen and oxygen atoms in total. The first-order chi connectivity index (χ1) is 8.20. The lowest BCUT2D eigenvalue weighted by molar-refractivity contribution is 0.538. The van der Waals surface area contributed by atoms with Crippen LogP contribution in [0.25, 0.3) is 0 Å². The van der Waals surface area contributed by atoms with Crippen LogP contribution in [0.4, 0.5) is 8.78 Å². The molecule has 0 unspecified atom stereocenters. The fraction of sp³-hybridized carbons (Fsp3) is 0.462. The van der Waals surface area contributed by atoms with E-state index in [-0.39, 0.29) is 10.5 Å². The van der Waals surface area contributed by atoms with Crippen molar-refractivity contribution in [3.05, 3.63) is 29.3 Å². The summed E-state index contributed by atoms with van der Waals surface area (Å²) in [4.78, 5) is 0.0518. The van der Waals surface area contributed by atoms with E-state index in [1.54, 1.807) is 6.07 Å². The first-order valence-electron chi connectivity index (χ1n) is 5.72. The van der Waals surface area contributed by atoms with Gasteiger partial charge in [0.2, 0.25) is 0 Å². The smallest absolute Gasteiger partial charge is 0.141 e. The minimum absolute atomic E-state index is 0.0326. The molecule has 1 aromatic carbocycles. The molecule has 1 saturated carbocycles. The maximum absolute atomic E-state index is 13.6. The van der Waals surface area contributed by atoms with E-state index < -0.39 is 11.6 Å². The van der Waals surface area contributed by atoms with E-state index >= 15 is 0 Å². The Morgan fingerprint density at radius 2 is 1.82 bits per heavy atom. The van der Waals surface area contributed by atoms with Crippen LogP contribution in [0, 0.1) is 28.9 Å². The van der Waals surface area contributed by atoms with Gasteiger partial charge in [-0.2, -0.15) is 5.26 Å². The van der Waals surface area contributed by atoms with Crippen molar-refractivity contribution in [3.63, 3.8) is 0 Å². The van der Waals surface area contributed by atoms with Crippen LogP contribution in [-0.2, 0) is 0 Å². The van der Waals surface area contributed by atoms with Gasteiger partial charge in [-0.3, -0.25) is 0 Å². The predicted molar refractivity (Wildman–Crippen MR) is 63.8 cm³/mol. The normalized spacial score (nSPS) is 16.1. The Hall–Kier alpha value is -1.08. The molecule has 0 aliphatic heterocycles. The minimum atomic E-state index is -0.621. The van der Waals surface area contributed by atoms with E-state index in [0.717, 1.165) is 30.7 Å². The first kappa shape index (κ1) is 12.4. The quantitative estimate of drug-likeness (QED) is 0.757. The third-order valence-electron chi connectivity index (χ3n) is 3.07. The Morgan fingerprint density at radius 1 is 1.24 bits per heavy atom. The van der Waals surface area contributed by atoms with Crippen LogP contribution in [0.5, 0.6) is 0 Å². The summed E-state index contributed by atoms with van der Waals surface area (Å²) < 4.78 is 27.1. The number of thioether (sulfide) groups is 1. The molecule has 0 amide bonds. The van der Waals surface area contributed by atoms with Gasteiger partial charge in [0.1, 0.15) is 11.6 Å². The van der Waals surface area contributed by atoms with E-state index in [4.69, 9.17) is 5.26 Å². The van der Waals surface area contributed by atoms with E-state index in [0.29, 0.717) is 5.92 Å². The molecule has 0 N–H and O–H groups in total. The third-order valence-corrected chi connectivity index (χ3v) is 4.38. The lowest BCUT2D eigenvalue weighted by Gasteiger charge is -2.09.